The van der Waals surface area contributed by atoms with E-state index in [-0.39, 0.29) is 0 Å². The highest BCUT2D eigenvalue weighted by Gasteiger charge is 2.23. The second-order valence-corrected chi connectivity index (χ2v) is 14.9. The number of hydrogen-bond acceptors (Lipinski definition) is 1. The van der Waals surface area contributed by atoms with Crippen molar-refractivity contribution in [2.45, 2.75) is 19.8 Å². The molecular weight excluding hydrogens is 653 g/mol. The predicted molar refractivity (Wildman–Crippen MR) is 232 cm³/mol. The largest absolute Gasteiger partial charge is 0.455 e. The van der Waals surface area contributed by atoms with Crippen molar-refractivity contribution in [1.82, 2.24) is 0 Å². The van der Waals surface area contributed by atoms with E-state index in [0.29, 0.717) is 5.92 Å². The van der Waals surface area contributed by atoms with Crippen LogP contribution in [0.3, 0.4) is 0 Å². The summed E-state index contributed by atoms with van der Waals surface area (Å²) in [5.74, 6) is 0.447. The van der Waals surface area contributed by atoms with E-state index in [0.717, 1.165) is 27.5 Å². The highest BCUT2D eigenvalue weighted by Crippen LogP contribution is 2.50. The predicted octanol–water partition coefficient (Wildman–Crippen LogP) is 15.5. The Labute approximate surface area is 313 Å². The minimum absolute atomic E-state index is 0.447. The van der Waals surface area contributed by atoms with Crippen LogP contribution in [0.5, 0.6) is 0 Å². The van der Waals surface area contributed by atoms with Crippen molar-refractivity contribution in [1.29, 1.82) is 0 Å². The Balaban J connectivity index is 1.22. The molecule has 1 heteroatoms. The lowest BCUT2D eigenvalue weighted by Gasteiger charge is -2.22. The summed E-state index contributed by atoms with van der Waals surface area (Å²) in [6.07, 6.45) is 0. The average molecular weight is 689 g/mol. The fourth-order valence-corrected chi connectivity index (χ4v) is 9.11. The van der Waals surface area contributed by atoms with Crippen molar-refractivity contribution in [3.8, 4) is 33.4 Å². The van der Waals surface area contributed by atoms with Gasteiger partial charge in [-0.1, -0.05) is 166 Å². The van der Waals surface area contributed by atoms with Gasteiger partial charge in [0.05, 0.1) is 0 Å². The molecule has 254 valence electrons. The first-order valence-corrected chi connectivity index (χ1v) is 19.0. The average Bonchev–Trinajstić information content (AvgIpc) is 3.61. The second kappa shape index (κ2) is 11.9. The molecule has 0 aliphatic rings. The van der Waals surface area contributed by atoms with Crippen LogP contribution in [0.2, 0.25) is 0 Å². The minimum atomic E-state index is 0.447. The molecule has 0 aliphatic carbocycles. The Morgan fingerprint density at radius 2 is 0.778 bits per heavy atom. The smallest absolute Gasteiger partial charge is 0.143 e. The molecule has 0 bridgehead atoms. The van der Waals surface area contributed by atoms with Gasteiger partial charge in [-0.05, 0) is 118 Å². The third-order valence-corrected chi connectivity index (χ3v) is 11.6. The molecule has 1 nitrogen and oxygen atoms in total. The van der Waals surface area contributed by atoms with Gasteiger partial charge in [-0.2, -0.15) is 0 Å². The van der Waals surface area contributed by atoms with Gasteiger partial charge in [0.15, 0.2) is 0 Å². The van der Waals surface area contributed by atoms with Gasteiger partial charge >= 0.3 is 0 Å². The topological polar surface area (TPSA) is 13.1 Å². The molecule has 0 fully saturated rings. The van der Waals surface area contributed by atoms with Gasteiger partial charge in [-0.25, -0.2) is 0 Å². The standard InChI is InChI=1S/C53H36O/c1-32(2)35-25-24-33-26-29-46-37-28-27-36(31-48(37)54-53(46)47(33)30-35)50-40-18-8-12-22-44(40)52(45-23-13-9-19-41(45)50)51-42-20-10-6-16-38(42)49(34-14-4-3-5-15-34)39-17-7-11-21-43(39)51/h3-32H,1-2H3. The van der Waals surface area contributed by atoms with E-state index in [4.69, 9.17) is 4.42 Å². The lowest BCUT2D eigenvalue weighted by atomic mass is 9.81. The summed E-state index contributed by atoms with van der Waals surface area (Å²) in [6.45, 7) is 4.49. The van der Waals surface area contributed by atoms with Gasteiger partial charge in [0.2, 0.25) is 0 Å². The molecule has 1 heterocycles. The normalized spacial score (nSPS) is 12.1. The van der Waals surface area contributed by atoms with E-state index in [9.17, 15) is 0 Å². The van der Waals surface area contributed by atoms with E-state index < -0.39 is 0 Å². The van der Waals surface area contributed by atoms with Crippen molar-refractivity contribution < 1.29 is 4.42 Å². The van der Waals surface area contributed by atoms with Crippen molar-refractivity contribution >= 4 is 75.8 Å². The highest BCUT2D eigenvalue weighted by molar-refractivity contribution is 6.30. The van der Waals surface area contributed by atoms with Gasteiger partial charge in [-0.15, -0.1) is 0 Å². The third-order valence-electron chi connectivity index (χ3n) is 11.6. The summed E-state index contributed by atoms with van der Waals surface area (Å²) in [5.41, 5.74) is 10.6. The summed E-state index contributed by atoms with van der Waals surface area (Å²) >= 11 is 0. The summed E-state index contributed by atoms with van der Waals surface area (Å²) in [5, 5.41) is 14.7. The van der Waals surface area contributed by atoms with Gasteiger partial charge in [-0.3, -0.25) is 0 Å². The molecule has 11 aromatic rings. The molecule has 1 aromatic heterocycles. The van der Waals surface area contributed by atoms with E-state index in [2.05, 4.69) is 190 Å². The Hall–Kier alpha value is -6.70. The zero-order valence-corrected chi connectivity index (χ0v) is 30.2. The van der Waals surface area contributed by atoms with E-state index in [1.807, 2.05) is 0 Å². The quantitative estimate of drug-likeness (QED) is 0.168. The minimum Gasteiger partial charge on any atom is -0.455 e. The summed E-state index contributed by atoms with van der Waals surface area (Å²) in [4.78, 5) is 0. The van der Waals surface area contributed by atoms with Crippen molar-refractivity contribution in [2.75, 3.05) is 0 Å². The monoisotopic (exact) mass is 688 g/mol. The Morgan fingerprint density at radius 1 is 0.333 bits per heavy atom. The highest BCUT2D eigenvalue weighted by atomic mass is 16.3. The zero-order valence-electron chi connectivity index (χ0n) is 30.2. The Kier molecular flexibility index (Phi) is 6.81. The molecule has 0 unspecified atom stereocenters. The molecule has 0 amide bonds. The van der Waals surface area contributed by atoms with Crippen LogP contribution in [-0.2, 0) is 0 Å². The number of benzene rings is 10. The molecular formula is C53H36O. The molecule has 0 atom stereocenters. The lowest BCUT2D eigenvalue weighted by Crippen LogP contribution is -1.94. The molecule has 11 rings (SSSR count). The van der Waals surface area contributed by atoms with Gasteiger partial charge in [0.25, 0.3) is 0 Å². The van der Waals surface area contributed by atoms with Gasteiger partial charge in [0.1, 0.15) is 11.2 Å². The summed E-state index contributed by atoms with van der Waals surface area (Å²) < 4.78 is 6.82. The van der Waals surface area contributed by atoms with Crippen molar-refractivity contribution in [3.63, 3.8) is 0 Å². The van der Waals surface area contributed by atoms with E-state index in [1.165, 1.54) is 87.2 Å². The summed E-state index contributed by atoms with van der Waals surface area (Å²) in [6, 6.07) is 64.7. The Bertz CT molecular complexity index is 3180. The number of hydrogen-bond donors (Lipinski definition) is 0. The third kappa shape index (κ3) is 4.52. The zero-order chi connectivity index (χ0) is 35.9. The van der Waals surface area contributed by atoms with Crippen LogP contribution in [0.25, 0.3) is 109 Å². The maximum Gasteiger partial charge on any atom is 0.143 e. The number of fused-ring (bicyclic) bond motifs is 9. The molecule has 0 saturated heterocycles. The Morgan fingerprint density at radius 3 is 1.30 bits per heavy atom. The summed E-state index contributed by atoms with van der Waals surface area (Å²) in [7, 11) is 0. The molecule has 0 aliphatic heterocycles. The maximum atomic E-state index is 6.82. The van der Waals surface area contributed by atoms with Crippen molar-refractivity contribution in [3.05, 3.63) is 181 Å². The molecule has 0 radical (unpaired) electrons. The number of rotatable bonds is 4. The first-order chi connectivity index (χ1) is 26.6. The first-order valence-electron chi connectivity index (χ1n) is 19.0. The fourth-order valence-electron chi connectivity index (χ4n) is 9.11. The van der Waals surface area contributed by atoms with Crippen LogP contribution < -0.4 is 0 Å². The van der Waals surface area contributed by atoms with Crippen LogP contribution in [-0.4, -0.2) is 0 Å². The molecule has 0 saturated carbocycles. The lowest BCUT2D eigenvalue weighted by molar-refractivity contribution is 0.673. The van der Waals surface area contributed by atoms with E-state index >= 15 is 0 Å². The SMILES string of the molecule is CC(C)c1ccc2ccc3c4ccc(-c5c6ccccc6c(-c6c7ccccc7c(-c7ccccc7)c7ccccc67)c6ccccc56)cc4oc3c2c1. The van der Waals surface area contributed by atoms with Crippen molar-refractivity contribution in [2.24, 2.45) is 0 Å². The van der Waals surface area contributed by atoms with Crippen LogP contribution in [0, 0.1) is 0 Å². The molecule has 10 aromatic carbocycles. The van der Waals surface area contributed by atoms with Crippen LogP contribution in [0.15, 0.2) is 180 Å². The van der Waals surface area contributed by atoms with Crippen LogP contribution >= 0.6 is 0 Å². The fraction of sp³-hybridized carbons (Fsp3) is 0.0566. The maximum absolute atomic E-state index is 6.82. The second-order valence-electron chi connectivity index (χ2n) is 14.9. The number of furan rings is 1. The molecule has 0 N–H and O–H groups in total. The molecule has 54 heavy (non-hydrogen) atoms. The van der Waals surface area contributed by atoms with E-state index in [1.54, 1.807) is 0 Å². The molecule has 0 spiro atoms. The van der Waals surface area contributed by atoms with Gasteiger partial charge in [0, 0.05) is 16.2 Å². The van der Waals surface area contributed by atoms with Crippen LogP contribution in [0.4, 0.5) is 0 Å². The van der Waals surface area contributed by atoms with Crippen LogP contribution in [0.1, 0.15) is 25.3 Å². The van der Waals surface area contributed by atoms with Gasteiger partial charge < -0.3 is 4.42 Å². The first kappa shape index (κ1) is 30.9.